The van der Waals surface area contributed by atoms with Gasteiger partial charge in [-0.25, -0.2) is 0 Å². The molecule has 1 N–H and O–H groups in total. The summed E-state index contributed by atoms with van der Waals surface area (Å²) in [6.45, 7) is 11.2. The van der Waals surface area contributed by atoms with Gasteiger partial charge in [0, 0.05) is 5.69 Å². The van der Waals surface area contributed by atoms with Gasteiger partial charge < -0.3 is 5.32 Å². The molecule has 0 amide bonds. The fraction of sp³-hybridized carbons (Fsp3) is 0.400. The Labute approximate surface area is 128 Å². The van der Waals surface area contributed by atoms with Gasteiger partial charge in [0.25, 0.3) is 0 Å². The van der Waals surface area contributed by atoms with E-state index >= 15 is 0 Å². The molecule has 0 saturated carbocycles. The Morgan fingerprint density at radius 1 is 1.00 bits per heavy atom. The molecule has 0 spiro atoms. The Morgan fingerprint density at radius 3 is 2.43 bits per heavy atom. The molecule has 3 rings (SSSR count). The van der Waals surface area contributed by atoms with Crippen molar-refractivity contribution in [3.63, 3.8) is 0 Å². The van der Waals surface area contributed by atoms with Crippen molar-refractivity contribution in [2.24, 2.45) is 0 Å². The zero-order valence-electron chi connectivity index (χ0n) is 13.7. The summed E-state index contributed by atoms with van der Waals surface area (Å²) in [6.07, 6.45) is 1.09. The van der Waals surface area contributed by atoms with E-state index in [-0.39, 0.29) is 5.41 Å². The van der Waals surface area contributed by atoms with Gasteiger partial charge in [0.2, 0.25) is 0 Å². The molecule has 1 nitrogen and oxygen atoms in total. The number of benzene rings is 2. The third-order valence-corrected chi connectivity index (χ3v) is 4.53. The third kappa shape index (κ3) is 2.70. The molecule has 110 valence electrons. The van der Waals surface area contributed by atoms with Crippen LogP contribution < -0.4 is 5.32 Å². The maximum absolute atomic E-state index is 3.69. The lowest BCUT2D eigenvalue weighted by Crippen LogP contribution is -2.11. The van der Waals surface area contributed by atoms with Crippen LogP contribution in [0, 0.1) is 13.8 Å². The van der Waals surface area contributed by atoms with Crippen molar-refractivity contribution in [1.82, 2.24) is 0 Å². The minimum atomic E-state index is 0.215. The van der Waals surface area contributed by atoms with Crippen molar-refractivity contribution in [3.05, 3.63) is 64.2 Å². The molecule has 1 heteroatoms. The number of aryl methyl sites for hydroxylation is 2. The molecule has 1 atom stereocenters. The van der Waals surface area contributed by atoms with E-state index in [2.05, 4.69) is 76.3 Å². The lowest BCUT2D eigenvalue weighted by atomic mass is 9.85. The van der Waals surface area contributed by atoms with Crippen LogP contribution in [-0.2, 0) is 11.8 Å². The third-order valence-electron chi connectivity index (χ3n) is 4.53. The van der Waals surface area contributed by atoms with Crippen LogP contribution in [0.1, 0.15) is 54.6 Å². The highest BCUT2D eigenvalue weighted by Crippen LogP contribution is 2.37. The SMILES string of the molecule is Cc1ccc(C2Cc3cc(C(C)(C)C)ccc3N2)c(C)c1. The quantitative estimate of drug-likeness (QED) is 0.746. The van der Waals surface area contributed by atoms with Gasteiger partial charge >= 0.3 is 0 Å². The van der Waals surface area contributed by atoms with Crippen LogP contribution in [0.2, 0.25) is 0 Å². The maximum atomic E-state index is 3.69. The van der Waals surface area contributed by atoms with Crippen LogP contribution in [-0.4, -0.2) is 0 Å². The van der Waals surface area contributed by atoms with Crippen molar-refractivity contribution < 1.29 is 0 Å². The first-order valence-corrected chi connectivity index (χ1v) is 7.82. The number of rotatable bonds is 1. The molecule has 1 unspecified atom stereocenters. The maximum Gasteiger partial charge on any atom is 0.0557 e. The van der Waals surface area contributed by atoms with E-state index in [1.165, 1.54) is 33.5 Å². The van der Waals surface area contributed by atoms with Crippen molar-refractivity contribution in [3.8, 4) is 0 Å². The Kier molecular flexibility index (Phi) is 3.32. The molecule has 0 bridgehead atoms. The van der Waals surface area contributed by atoms with Gasteiger partial charge in [-0.05, 0) is 54.0 Å². The summed E-state index contributed by atoms with van der Waals surface area (Å²) in [6, 6.07) is 14.1. The summed E-state index contributed by atoms with van der Waals surface area (Å²) < 4.78 is 0. The summed E-state index contributed by atoms with van der Waals surface area (Å²) >= 11 is 0. The zero-order valence-corrected chi connectivity index (χ0v) is 13.7. The second kappa shape index (κ2) is 4.91. The standard InChI is InChI=1S/C20H25N/c1-13-6-8-17(14(2)10-13)19-12-15-11-16(20(3,4)5)7-9-18(15)21-19/h6-11,19,21H,12H2,1-5H3. The van der Waals surface area contributed by atoms with E-state index in [1.807, 2.05) is 0 Å². The Bertz CT molecular complexity index is 677. The van der Waals surface area contributed by atoms with Gasteiger partial charge in [-0.3, -0.25) is 0 Å². The van der Waals surface area contributed by atoms with E-state index < -0.39 is 0 Å². The smallest absolute Gasteiger partial charge is 0.0557 e. The lowest BCUT2D eigenvalue weighted by Gasteiger charge is -2.19. The second-order valence-corrected chi connectivity index (χ2v) is 7.38. The van der Waals surface area contributed by atoms with Gasteiger partial charge in [0.1, 0.15) is 0 Å². The summed E-state index contributed by atoms with van der Waals surface area (Å²) in [5, 5.41) is 3.69. The summed E-state index contributed by atoms with van der Waals surface area (Å²) in [5.74, 6) is 0. The molecular weight excluding hydrogens is 254 g/mol. The second-order valence-electron chi connectivity index (χ2n) is 7.38. The largest absolute Gasteiger partial charge is 0.378 e. The highest BCUT2D eigenvalue weighted by Gasteiger charge is 2.25. The number of hydrogen-bond donors (Lipinski definition) is 1. The van der Waals surface area contributed by atoms with Gasteiger partial charge in [0.05, 0.1) is 6.04 Å². The molecule has 1 aliphatic heterocycles. The highest BCUT2D eigenvalue weighted by atomic mass is 14.9. The van der Waals surface area contributed by atoms with E-state index in [0.717, 1.165) is 6.42 Å². The Hall–Kier alpha value is -1.76. The zero-order chi connectivity index (χ0) is 15.2. The van der Waals surface area contributed by atoms with E-state index in [1.54, 1.807) is 0 Å². The van der Waals surface area contributed by atoms with E-state index in [0.29, 0.717) is 6.04 Å². The van der Waals surface area contributed by atoms with Crippen molar-refractivity contribution in [2.45, 2.75) is 52.5 Å². The highest BCUT2D eigenvalue weighted by molar-refractivity contribution is 5.60. The topological polar surface area (TPSA) is 12.0 Å². The van der Waals surface area contributed by atoms with Crippen LogP contribution in [0.25, 0.3) is 0 Å². The molecule has 1 heterocycles. The first kappa shape index (κ1) is 14.2. The average molecular weight is 279 g/mol. The van der Waals surface area contributed by atoms with Gasteiger partial charge in [-0.15, -0.1) is 0 Å². The predicted molar refractivity (Wildman–Crippen MR) is 91.1 cm³/mol. The van der Waals surface area contributed by atoms with Crippen LogP contribution in [0.5, 0.6) is 0 Å². The number of anilines is 1. The first-order valence-electron chi connectivity index (χ1n) is 7.82. The molecule has 21 heavy (non-hydrogen) atoms. The predicted octanol–water partition coefficient (Wildman–Crippen LogP) is 5.31. The molecule has 0 fully saturated rings. The average Bonchev–Trinajstić information content (AvgIpc) is 2.79. The number of nitrogens with one attached hydrogen (secondary N) is 1. The fourth-order valence-electron chi connectivity index (χ4n) is 3.23. The molecule has 0 aromatic heterocycles. The lowest BCUT2D eigenvalue weighted by molar-refractivity contribution is 0.589. The number of hydrogen-bond acceptors (Lipinski definition) is 1. The minimum Gasteiger partial charge on any atom is -0.378 e. The molecule has 0 radical (unpaired) electrons. The molecule has 0 saturated heterocycles. The minimum absolute atomic E-state index is 0.215. The molecule has 2 aromatic carbocycles. The van der Waals surface area contributed by atoms with Crippen molar-refractivity contribution in [2.75, 3.05) is 5.32 Å². The summed E-state index contributed by atoms with van der Waals surface area (Å²) in [5.41, 5.74) is 8.53. The fourth-order valence-corrected chi connectivity index (χ4v) is 3.23. The van der Waals surface area contributed by atoms with Gasteiger partial charge in [0.15, 0.2) is 0 Å². The molecule has 2 aromatic rings. The summed E-state index contributed by atoms with van der Waals surface area (Å²) in [7, 11) is 0. The Morgan fingerprint density at radius 2 is 1.76 bits per heavy atom. The van der Waals surface area contributed by atoms with Gasteiger partial charge in [-0.2, -0.15) is 0 Å². The van der Waals surface area contributed by atoms with Crippen LogP contribution in [0.3, 0.4) is 0 Å². The Balaban J connectivity index is 1.91. The molecular formula is C20H25N. The van der Waals surface area contributed by atoms with E-state index in [4.69, 9.17) is 0 Å². The molecule has 0 aliphatic carbocycles. The number of fused-ring (bicyclic) bond motifs is 1. The molecule has 1 aliphatic rings. The normalized spacial score (nSPS) is 17.5. The van der Waals surface area contributed by atoms with Crippen molar-refractivity contribution in [1.29, 1.82) is 0 Å². The van der Waals surface area contributed by atoms with E-state index in [9.17, 15) is 0 Å². The van der Waals surface area contributed by atoms with Crippen molar-refractivity contribution >= 4 is 5.69 Å². The van der Waals surface area contributed by atoms with Gasteiger partial charge in [-0.1, -0.05) is 56.7 Å². The van der Waals surface area contributed by atoms with Crippen LogP contribution in [0.4, 0.5) is 5.69 Å². The monoisotopic (exact) mass is 279 g/mol. The summed E-state index contributed by atoms with van der Waals surface area (Å²) in [4.78, 5) is 0. The first-order chi connectivity index (χ1) is 9.84. The van der Waals surface area contributed by atoms with Crippen LogP contribution >= 0.6 is 0 Å². The van der Waals surface area contributed by atoms with Crippen LogP contribution in [0.15, 0.2) is 36.4 Å².